The first kappa shape index (κ1) is 10.3. The molecule has 0 unspecified atom stereocenters. The highest BCUT2D eigenvalue weighted by Crippen LogP contribution is 1.97. The lowest BCUT2D eigenvalue weighted by Gasteiger charge is -2.09. The van der Waals surface area contributed by atoms with Crippen molar-refractivity contribution in [3.63, 3.8) is 0 Å². The summed E-state index contributed by atoms with van der Waals surface area (Å²) in [5.74, 6) is 0.816. The van der Waals surface area contributed by atoms with E-state index in [1.807, 2.05) is 0 Å². The van der Waals surface area contributed by atoms with Crippen molar-refractivity contribution in [2.75, 3.05) is 25.6 Å². The molecule has 0 bridgehead atoms. The van der Waals surface area contributed by atoms with Crippen LogP contribution in [0.4, 0.5) is 0 Å². The smallest absolute Gasteiger partial charge is 0.212 e. The van der Waals surface area contributed by atoms with E-state index in [0.717, 1.165) is 0 Å². The van der Waals surface area contributed by atoms with E-state index >= 15 is 0 Å². The summed E-state index contributed by atoms with van der Waals surface area (Å²) in [4.78, 5) is 0. The molecule has 10 heavy (non-hydrogen) atoms. The Balaban J connectivity index is 3.90. The minimum atomic E-state index is -2.98. The maximum Gasteiger partial charge on any atom is 0.213 e. The summed E-state index contributed by atoms with van der Waals surface area (Å²) in [7, 11) is 0.0952. The molecule has 0 saturated heterocycles. The van der Waals surface area contributed by atoms with Gasteiger partial charge >= 0.3 is 0 Å². The van der Waals surface area contributed by atoms with Gasteiger partial charge in [0.05, 0.1) is 5.75 Å². The van der Waals surface area contributed by atoms with Crippen LogP contribution in [0.5, 0.6) is 0 Å². The van der Waals surface area contributed by atoms with Gasteiger partial charge in [0.2, 0.25) is 10.0 Å². The molecular formula is C5H13NO2S2. The highest BCUT2D eigenvalue weighted by Gasteiger charge is 2.11. The molecule has 0 aromatic heterocycles. The Bertz CT molecular complexity index is 174. The third kappa shape index (κ3) is 3.43. The molecule has 5 heteroatoms. The van der Waals surface area contributed by atoms with E-state index in [-0.39, 0.29) is 5.75 Å². The fourth-order valence-corrected chi connectivity index (χ4v) is 1.68. The molecule has 0 aromatic rings. The zero-order valence-corrected chi connectivity index (χ0v) is 7.95. The molecule has 0 atom stereocenters. The van der Waals surface area contributed by atoms with Gasteiger partial charge in [-0.1, -0.05) is 0 Å². The molecule has 0 amide bonds. The maximum absolute atomic E-state index is 11.0. The summed E-state index contributed by atoms with van der Waals surface area (Å²) >= 11 is 3.92. The molecule has 0 saturated carbocycles. The van der Waals surface area contributed by atoms with Gasteiger partial charge < -0.3 is 0 Å². The van der Waals surface area contributed by atoms with Gasteiger partial charge in [0.1, 0.15) is 0 Å². The van der Waals surface area contributed by atoms with Crippen LogP contribution < -0.4 is 0 Å². The van der Waals surface area contributed by atoms with Gasteiger partial charge in [0, 0.05) is 14.1 Å². The normalized spacial score (nSPS) is 12.4. The van der Waals surface area contributed by atoms with Crippen LogP contribution in [0.15, 0.2) is 0 Å². The van der Waals surface area contributed by atoms with E-state index in [4.69, 9.17) is 0 Å². The Morgan fingerprint density at radius 3 is 2.20 bits per heavy atom. The van der Waals surface area contributed by atoms with Gasteiger partial charge in [0.25, 0.3) is 0 Å². The van der Waals surface area contributed by atoms with Gasteiger partial charge in [-0.25, -0.2) is 12.7 Å². The maximum atomic E-state index is 11.0. The van der Waals surface area contributed by atoms with Gasteiger partial charge in [-0.05, 0) is 12.2 Å². The average molecular weight is 183 g/mol. The molecule has 0 aliphatic rings. The monoisotopic (exact) mass is 183 g/mol. The van der Waals surface area contributed by atoms with E-state index in [0.29, 0.717) is 12.2 Å². The molecule has 0 N–H and O–H groups in total. The molecule has 0 rings (SSSR count). The second kappa shape index (κ2) is 4.20. The van der Waals surface area contributed by atoms with Gasteiger partial charge in [-0.3, -0.25) is 0 Å². The third-order valence-corrected chi connectivity index (χ3v) is 3.35. The number of hydrogen-bond donors (Lipinski definition) is 1. The van der Waals surface area contributed by atoms with Crippen LogP contribution in [0, 0.1) is 0 Å². The van der Waals surface area contributed by atoms with Crippen molar-refractivity contribution in [2.24, 2.45) is 0 Å². The van der Waals surface area contributed by atoms with Gasteiger partial charge in [-0.15, -0.1) is 0 Å². The Hall–Kier alpha value is 0.260. The highest BCUT2D eigenvalue weighted by atomic mass is 32.2. The Morgan fingerprint density at radius 1 is 1.40 bits per heavy atom. The van der Waals surface area contributed by atoms with Crippen LogP contribution in [-0.4, -0.2) is 38.3 Å². The number of rotatable bonds is 4. The molecular weight excluding hydrogens is 170 g/mol. The van der Waals surface area contributed by atoms with Crippen LogP contribution in [0.2, 0.25) is 0 Å². The molecule has 0 aliphatic heterocycles. The van der Waals surface area contributed by atoms with Crippen LogP contribution in [0.3, 0.4) is 0 Å². The Kier molecular flexibility index (Phi) is 4.31. The zero-order chi connectivity index (χ0) is 8.20. The van der Waals surface area contributed by atoms with E-state index in [1.54, 1.807) is 0 Å². The fourth-order valence-electron chi connectivity index (χ4n) is 0.430. The van der Waals surface area contributed by atoms with Crippen molar-refractivity contribution in [1.82, 2.24) is 4.31 Å². The van der Waals surface area contributed by atoms with E-state index in [9.17, 15) is 8.42 Å². The lowest BCUT2D eigenvalue weighted by atomic mass is 10.6. The van der Waals surface area contributed by atoms with Gasteiger partial charge in [0.15, 0.2) is 0 Å². The molecule has 62 valence electrons. The van der Waals surface area contributed by atoms with Crippen LogP contribution in [0.1, 0.15) is 6.42 Å². The molecule has 0 fully saturated rings. The van der Waals surface area contributed by atoms with E-state index in [1.165, 1.54) is 18.4 Å². The first-order valence-electron chi connectivity index (χ1n) is 3.02. The third-order valence-electron chi connectivity index (χ3n) is 1.12. The van der Waals surface area contributed by atoms with Crippen molar-refractivity contribution in [2.45, 2.75) is 6.42 Å². The summed E-state index contributed by atoms with van der Waals surface area (Å²) in [5.41, 5.74) is 0. The number of hydrogen-bond acceptors (Lipinski definition) is 3. The van der Waals surface area contributed by atoms with Crippen molar-refractivity contribution in [3.8, 4) is 0 Å². The molecule has 3 nitrogen and oxygen atoms in total. The summed E-state index contributed by atoms with van der Waals surface area (Å²) in [6.45, 7) is 0. The summed E-state index contributed by atoms with van der Waals surface area (Å²) in [6.07, 6.45) is 0.615. The average Bonchev–Trinajstić information content (AvgIpc) is 1.84. The largest absolute Gasteiger partial charge is 0.213 e. The minimum Gasteiger partial charge on any atom is -0.212 e. The van der Waals surface area contributed by atoms with Crippen LogP contribution in [0.25, 0.3) is 0 Å². The topological polar surface area (TPSA) is 37.4 Å². The summed E-state index contributed by atoms with van der Waals surface area (Å²) in [6, 6.07) is 0. The molecule has 0 spiro atoms. The van der Waals surface area contributed by atoms with Crippen molar-refractivity contribution >= 4 is 22.7 Å². The summed E-state index contributed by atoms with van der Waals surface area (Å²) in [5, 5.41) is 0. The second-order valence-electron chi connectivity index (χ2n) is 2.18. The number of nitrogens with zero attached hydrogens (tertiary/aromatic N) is 1. The lowest BCUT2D eigenvalue weighted by molar-refractivity contribution is 0.520. The standard InChI is InChI=1S/C5H13NO2S2/c1-6(2)10(7,8)5-3-4-9/h9H,3-5H2,1-2H3. The number of sulfonamides is 1. The second-order valence-corrected chi connectivity index (χ2v) is 4.93. The quantitative estimate of drug-likeness (QED) is 0.632. The van der Waals surface area contributed by atoms with Gasteiger partial charge in [-0.2, -0.15) is 12.6 Å². The minimum absolute atomic E-state index is 0.198. The summed E-state index contributed by atoms with van der Waals surface area (Å²) < 4.78 is 23.2. The molecule has 0 heterocycles. The molecule has 0 aromatic carbocycles. The predicted octanol–water partition coefficient (Wildman–Crippen LogP) is 0.198. The van der Waals surface area contributed by atoms with Crippen LogP contribution in [-0.2, 0) is 10.0 Å². The van der Waals surface area contributed by atoms with E-state index in [2.05, 4.69) is 12.6 Å². The SMILES string of the molecule is CN(C)S(=O)(=O)CCCS. The Labute approximate surface area is 67.9 Å². The van der Waals surface area contributed by atoms with Crippen molar-refractivity contribution in [1.29, 1.82) is 0 Å². The first-order chi connectivity index (χ1) is 4.50. The zero-order valence-electron chi connectivity index (χ0n) is 6.24. The predicted molar refractivity (Wildman–Crippen MR) is 45.9 cm³/mol. The fraction of sp³-hybridized carbons (Fsp3) is 1.00. The Morgan fingerprint density at radius 2 is 1.90 bits per heavy atom. The first-order valence-corrected chi connectivity index (χ1v) is 5.26. The van der Waals surface area contributed by atoms with Crippen molar-refractivity contribution in [3.05, 3.63) is 0 Å². The molecule has 0 aliphatic carbocycles. The van der Waals surface area contributed by atoms with Crippen LogP contribution >= 0.6 is 12.6 Å². The highest BCUT2D eigenvalue weighted by molar-refractivity contribution is 7.89. The molecule has 0 radical (unpaired) electrons. The van der Waals surface area contributed by atoms with E-state index < -0.39 is 10.0 Å². The lowest BCUT2D eigenvalue weighted by Crippen LogP contribution is -2.25. The van der Waals surface area contributed by atoms with Crippen molar-refractivity contribution < 1.29 is 8.42 Å². The number of thiol groups is 1.